The predicted octanol–water partition coefficient (Wildman–Crippen LogP) is 7.27. The van der Waals surface area contributed by atoms with Crippen LogP contribution >= 0.6 is 0 Å². The quantitative estimate of drug-likeness (QED) is 0.265. The Morgan fingerprint density at radius 3 is 2.52 bits per heavy atom. The van der Waals surface area contributed by atoms with E-state index < -0.39 is 0 Å². The van der Waals surface area contributed by atoms with E-state index in [9.17, 15) is 0 Å². The van der Waals surface area contributed by atoms with E-state index in [2.05, 4.69) is 90.0 Å². The van der Waals surface area contributed by atoms with Crippen LogP contribution in [-0.2, 0) is 12.8 Å². The molecule has 4 rings (SSSR count). The van der Waals surface area contributed by atoms with Crippen molar-refractivity contribution in [1.29, 1.82) is 0 Å². The smallest absolute Gasteiger partial charge is 0.0441 e. The minimum absolute atomic E-state index is 0.843. The third kappa shape index (κ3) is 5.38. The van der Waals surface area contributed by atoms with Crippen molar-refractivity contribution < 1.29 is 0 Å². The van der Waals surface area contributed by atoms with Gasteiger partial charge in [0.05, 0.1) is 0 Å². The highest BCUT2D eigenvalue weighted by Gasteiger charge is 2.14. The van der Waals surface area contributed by atoms with E-state index in [-0.39, 0.29) is 0 Å². The van der Waals surface area contributed by atoms with Crippen molar-refractivity contribution in [2.24, 2.45) is 4.99 Å². The van der Waals surface area contributed by atoms with E-state index in [0.717, 1.165) is 42.5 Å². The molecule has 0 spiro atoms. The maximum absolute atomic E-state index is 4.57. The first kappa shape index (κ1) is 22.5. The zero-order valence-corrected chi connectivity index (χ0v) is 19.5. The Labute approximate surface area is 197 Å². The maximum Gasteiger partial charge on any atom is 0.0441 e. The van der Waals surface area contributed by atoms with Gasteiger partial charge in [-0.1, -0.05) is 67.6 Å². The molecule has 0 atom stereocenters. The second kappa shape index (κ2) is 10.7. The van der Waals surface area contributed by atoms with Gasteiger partial charge in [-0.25, -0.2) is 0 Å². The average Bonchev–Trinajstić information content (AvgIpc) is 3.26. The molecule has 0 amide bonds. The van der Waals surface area contributed by atoms with Crippen molar-refractivity contribution in [3.63, 3.8) is 0 Å². The number of H-pyrrole nitrogens is 1. The van der Waals surface area contributed by atoms with Gasteiger partial charge in [-0.05, 0) is 55.0 Å². The summed E-state index contributed by atoms with van der Waals surface area (Å²) < 4.78 is 0. The normalized spacial score (nSPS) is 13.6. The maximum atomic E-state index is 4.57. The largest absolute Gasteiger partial charge is 0.364 e. The van der Waals surface area contributed by atoms with E-state index >= 15 is 0 Å². The summed E-state index contributed by atoms with van der Waals surface area (Å²) in [6.07, 6.45) is 17.9. The number of nitrogens with one attached hydrogen (secondary N) is 1. The fraction of sp³-hybridized carbons (Fsp3) is 0.200. The van der Waals surface area contributed by atoms with Gasteiger partial charge in [0.2, 0.25) is 0 Å². The van der Waals surface area contributed by atoms with Crippen molar-refractivity contribution in [3.05, 3.63) is 125 Å². The van der Waals surface area contributed by atoms with Crippen molar-refractivity contribution >= 4 is 17.4 Å². The first-order valence-corrected chi connectivity index (χ1v) is 11.6. The molecular weight excluding hydrogens is 402 g/mol. The van der Waals surface area contributed by atoms with Gasteiger partial charge in [-0.3, -0.25) is 9.98 Å². The number of allylic oxidation sites excluding steroid dienone is 5. The summed E-state index contributed by atoms with van der Waals surface area (Å²) in [6, 6.07) is 15.2. The summed E-state index contributed by atoms with van der Waals surface area (Å²) >= 11 is 0. The van der Waals surface area contributed by atoms with Crippen LogP contribution in [0.1, 0.15) is 53.4 Å². The molecule has 166 valence electrons. The van der Waals surface area contributed by atoms with Crippen molar-refractivity contribution in [2.45, 2.75) is 39.5 Å². The Bertz CT molecular complexity index is 1220. The summed E-state index contributed by atoms with van der Waals surface area (Å²) in [5.74, 6) is 0. The first-order chi connectivity index (χ1) is 16.2. The summed E-state index contributed by atoms with van der Waals surface area (Å²) in [5, 5.41) is 0. The minimum atomic E-state index is 0.843. The number of nitrogens with zero attached hydrogens (tertiary/aromatic N) is 2. The van der Waals surface area contributed by atoms with E-state index in [1.807, 2.05) is 30.9 Å². The summed E-state index contributed by atoms with van der Waals surface area (Å²) in [5.41, 5.74) is 11.0. The number of hydrogen-bond acceptors (Lipinski definition) is 2. The van der Waals surface area contributed by atoms with Gasteiger partial charge < -0.3 is 4.98 Å². The first-order valence-electron chi connectivity index (χ1n) is 11.6. The Kier molecular flexibility index (Phi) is 7.31. The standard InChI is InChI=1S/C30H31N3/c1-4-23(5-2)30(24-13-11-22(3)12-14-24)28-17-18-32-29(28)10-8-6-7-9-27-16-15-25(21-33-27)26-19-31-20-26/h4,6-7,11-21,32H,1,5,8-10H2,2-3H3/b7-6-,30-23-. The predicted molar refractivity (Wildman–Crippen MR) is 140 cm³/mol. The van der Waals surface area contributed by atoms with Crippen molar-refractivity contribution in [1.82, 2.24) is 9.97 Å². The molecule has 3 heteroatoms. The highest BCUT2D eigenvalue weighted by molar-refractivity contribution is 6.14. The number of aromatic nitrogens is 2. The molecule has 1 aliphatic rings. The lowest BCUT2D eigenvalue weighted by atomic mass is 9.90. The lowest BCUT2D eigenvalue weighted by Crippen LogP contribution is -1.97. The van der Waals surface area contributed by atoms with Crippen LogP contribution in [0, 0.1) is 6.92 Å². The van der Waals surface area contributed by atoms with E-state index in [1.165, 1.54) is 33.5 Å². The molecule has 0 fully saturated rings. The van der Waals surface area contributed by atoms with Crippen LogP contribution in [0.4, 0.5) is 0 Å². The summed E-state index contributed by atoms with van der Waals surface area (Å²) in [7, 11) is 0. The Hall–Kier alpha value is -3.72. The van der Waals surface area contributed by atoms with Gasteiger partial charge >= 0.3 is 0 Å². The second-order valence-electron chi connectivity index (χ2n) is 8.31. The Balaban J connectivity index is 1.42. The highest BCUT2D eigenvalue weighted by Crippen LogP contribution is 2.32. The summed E-state index contributed by atoms with van der Waals surface area (Å²) in [6.45, 7) is 8.40. The Morgan fingerprint density at radius 1 is 1.06 bits per heavy atom. The number of pyridine rings is 1. The highest BCUT2D eigenvalue weighted by atomic mass is 14.7. The second-order valence-corrected chi connectivity index (χ2v) is 8.31. The van der Waals surface area contributed by atoms with Crippen LogP contribution in [-0.4, -0.2) is 16.2 Å². The van der Waals surface area contributed by atoms with Crippen LogP contribution in [0.5, 0.6) is 0 Å². The SMILES string of the molecule is C=C/C(CC)=C(\c1ccc(C)cc1)c1cc[nH]c1CC/C=C\Cc1ccc(C2=CN=C2)cn1. The number of hydrogen-bond donors (Lipinski definition) is 1. The van der Waals surface area contributed by atoms with Gasteiger partial charge in [0.15, 0.2) is 0 Å². The molecule has 3 aromatic rings. The molecule has 1 N–H and O–H groups in total. The van der Waals surface area contributed by atoms with Crippen LogP contribution in [0.25, 0.3) is 11.1 Å². The van der Waals surface area contributed by atoms with Crippen LogP contribution in [0.15, 0.2) is 96.4 Å². The van der Waals surface area contributed by atoms with Gasteiger partial charge in [0, 0.05) is 59.3 Å². The topological polar surface area (TPSA) is 41.0 Å². The molecule has 0 radical (unpaired) electrons. The fourth-order valence-electron chi connectivity index (χ4n) is 4.07. The van der Waals surface area contributed by atoms with E-state index in [1.54, 1.807) is 0 Å². The molecule has 0 bridgehead atoms. The van der Waals surface area contributed by atoms with Gasteiger partial charge in [0.1, 0.15) is 0 Å². The number of benzene rings is 1. The number of rotatable bonds is 10. The Morgan fingerprint density at radius 2 is 1.88 bits per heavy atom. The van der Waals surface area contributed by atoms with Crippen molar-refractivity contribution in [2.75, 3.05) is 0 Å². The molecular formula is C30H31N3. The lowest BCUT2D eigenvalue weighted by molar-refractivity contribution is 0.947. The molecule has 2 aromatic heterocycles. The van der Waals surface area contributed by atoms with Gasteiger partial charge in [-0.2, -0.15) is 0 Å². The molecule has 3 heterocycles. The molecule has 0 aliphatic carbocycles. The third-order valence-electron chi connectivity index (χ3n) is 6.03. The van der Waals surface area contributed by atoms with Crippen LogP contribution in [0.2, 0.25) is 0 Å². The molecule has 1 aliphatic heterocycles. The van der Waals surface area contributed by atoms with E-state index in [4.69, 9.17) is 0 Å². The summed E-state index contributed by atoms with van der Waals surface area (Å²) in [4.78, 5) is 12.1. The molecule has 0 saturated carbocycles. The van der Waals surface area contributed by atoms with Crippen LogP contribution < -0.4 is 0 Å². The zero-order chi connectivity index (χ0) is 23.0. The van der Waals surface area contributed by atoms with Crippen LogP contribution in [0.3, 0.4) is 0 Å². The molecule has 3 nitrogen and oxygen atoms in total. The lowest BCUT2D eigenvalue weighted by Gasteiger charge is -2.14. The fourth-order valence-corrected chi connectivity index (χ4v) is 4.07. The number of aliphatic imine (C=N–C) groups is 1. The number of aromatic amines is 1. The minimum Gasteiger partial charge on any atom is -0.364 e. The molecule has 0 unspecified atom stereocenters. The van der Waals surface area contributed by atoms with Crippen molar-refractivity contribution in [3.8, 4) is 0 Å². The zero-order valence-electron chi connectivity index (χ0n) is 19.5. The van der Waals surface area contributed by atoms with E-state index in [0.29, 0.717) is 0 Å². The molecule has 33 heavy (non-hydrogen) atoms. The molecule has 0 saturated heterocycles. The van der Waals surface area contributed by atoms with Gasteiger partial charge in [0.25, 0.3) is 0 Å². The molecule has 1 aromatic carbocycles. The number of aryl methyl sites for hydroxylation is 2. The monoisotopic (exact) mass is 433 g/mol. The third-order valence-corrected chi connectivity index (χ3v) is 6.03. The average molecular weight is 434 g/mol. The van der Waals surface area contributed by atoms with Gasteiger partial charge in [-0.15, -0.1) is 0 Å².